The number of nitrogens with one attached hydrogen (secondary N) is 1. The summed E-state index contributed by atoms with van der Waals surface area (Å²) in [6.45, 7) is 2.60. The lowest BCUT2D eigenvalue weighted by atomic mass is 10.1. The molecule has 0 radical (unpaired) electrons. The van der Waals surface area contributed by atoms with Crippen molar-refractivity contribution in [1.29, 1.82) is 0 Å². The van der Waals surface area contributed by atoms with Crippen LogP contribution in [0.25, 0.3) is 0 Å². The van der Waals surface area contributed by atoms with Gasteiger partial charge in [-0.3, -0.25) is 4.79 Å². The van der Waals surface area contributed by atoms with Crippen LogP contribution < -0.4 is 5.32 Å². The highest BCUT2D eigenvalue weighted by atomic mass is 16.5. The summed E-state index contributed by atoms with van der Waals surface area (Å²) in [5, 5.41) is 3.43. The topological polar surface area (TPSA) is 58.6 Å². The number of anilines is 1. The van der Waals surface area contributed by atoms with Gasteiger partial charge in [-0.1, -0.05) is 54.6 Å². The van der Waals surface area contributed by atoms with Gasteiger partial charge in [0.1, 0.15) is 6.17 Å². The zero-order valence-corrected chi connectivity index (χ0v) is 16.2. The molecule has 0 saturated carbocycles. The van der Waals surface area contributed by atoms with E-state index in [9.17, 15) is 9.59 Å². The Morgan fingerprint density at radius 3 is 2.55 bits per heavy atom. The normalized spacial score (nSPS) is 15.1. The Bertz CT molecular complexity index is 1030. The minimum absolute atomic E-state index is 0.0106. The van der Waals surface area contributed by atoms with E-state index in [1.165, 1.54) is 0 Å². The minimum Gasteiger partial charge on any atom is -0.462 e. The molecule has 0 saturated heterocycles. The Morgan fingerprint density at radius 2 is 1.76 bits per heavy atom. The first-order valence-corrected chi connectivity index (χ1v) is 9.65. The van der Waals surface area contributed by atoms with Gasteiger partial charge in [0.25, 0.3) is 5.91 Å². The van der Waals surface area contributed by atoms with E-state index in [-0.39, 0.29) is 18.0 Å². The number of carbonyl (C=O) groups excluding carboxylic acids is 2. The monoisotopic (exact) mass is 386 g/mol. The molecular formula is C24H22N2O3. The fourth-order valence-electron chi connectivity index (χ4n) is 3.58. The standard InChI is InChI=1S/C24H22N2O3/c1-2-29-24(28)18-11-8-12-19(15-18)25-22-20-13-6-7-14-21(20)23(27)26(22)16-17-9-4-3-5-10-17/h3-15,22,25H,2,16H2,1H3/t22-/m0/s1. The van der Waals surface area contributed by atoms with E-state index in [0.717, 1.165) is 16.8 Å². The van der Waals surface area contributed by atoms with Crippen LogP contribution in [0.2, 0.25) is 0 Å². The number of benzene rings is 3. The van der Waals surface area contributed by atoms with Gasteiger partial charge in [0, 0.05) is 23.4 Å². The van der Waals surface area contributed by atoms with Crippen LogP contribution in [0.5, 0.6) is 0 Å². The van der Waals surface area contributed by atoms with Gasteiger partial charge in [0.05, 0.1) is 12.2 Å². The molecule has 1 heterocycles. The van der Waals surface area contributed by atoms with E-state index in [1.54, 1.807) is 25.1 Å². The van der Waals surface area contributed by atoms with Crippen LogP contribution in [0.15, 0.2) is 78.9 Å². The SMILES string of the molecule is CCOC(=O)c1cccc(N[C@@H]2c3ccccc3C(=O)N2Cc2ccccc2)c1. The zero-order valence-electron chi connectivity index (χ0n) is 16.2. The fourth-order valence-corrected chi connectivity index (χ4v) is 3.58. The molecule has 1 atom stereocenters. The summed E-state index contributed by atoms with van der Waals surface area (Å²) in [5.41, 5.74) is 3.91. The maximum atomic E-state index is 13.1. The summed E-state index contributed by atoms with van der Waals surface area (Å²) in [6, 6.07) is 24.7. The van der Waals surface area contributed by atoms with E-state index in [4.69, 9.17) is 4.74 Å². The first-order chi connectivity index (χ1) is 14.2. The van der Waals surface area contributed by atoms with Crippen molar-refractivity contribution in [2.45, 2.75) is 19.6 Å². The third-order valence-electron chi connectivity index (χ3n) is 4.93. The molecule has 0 unspecified atom stereocenters. The van der Waals surface area contributed by atoms with Gasteiger partial charge in [-0.25, -0.2) is 4.79 Å². The van der Waals surface area contributed by atoms with E-state index in [2.05, 4.69) is 5.32 Å². The molecule has 1 N–H and O–H groups in total. The summed E-state index contributed by atoms with van der Waals surface area (Å²) in [4.78, 5) is 27.0. The molecule has 1 aliphatic heterocycles. The van der Waals surface area contributed by atoms with E-state index in [0.29, 0.717) is 24.3 Å². The smallest absolute Gasteiger partial charge is 0.338 e. The van der Waals surface area contributed by atoms with Crippen molar-refractivity contribution in [3.8, 4) is 0 Å². The summed E-state index contributed by atoms with van der Waals surface area (Å²) in [5.74, 6) is -0.372. The van der Waals surface area contributed by atoms with Crippen LogP contribution in [-0.4, -0.2) is 23.4 Å². The molecule has 3 aromatic rings. The van der Waals surface area contributed by atoms with Gasteiger partial charge in [0.2, 0.25) is 0 Å². The molecule has 1 aliphatic rings. The third-order valence-corrected chi connectivity index (χ3v) is 4.93. The third kappa shape index (κ3) is 3.85. The molecular weight excluding hydrogens is 364 g/mol. The van der Waals surface area contributed by atoms with Crippen LogP contribution in [-0.2, 0) is 11.3 Å². The first kappa shape index (κ1) is 18.7. The number of fused-ring (bicyclic) bond motifs is 1. The summed E-state index contributed by atoms with van der Waals surface area (Å²) in [6.07, 6.45) is -0.323. The summed E-state index contributed by atoms with van der Waals surface area (Å²) < 4.78 is 5.10. The predicted octanol–water partition coefficient (Wildman–Crippen LogP) is 4.63. The largest absolute Gasteiger partial charge is 0.462 e. The van der Waals surface area contributed by atoms with Crippen molar-refractivity contribution in [2.24, 2.45) is 0 Å². The number of rotatable bonds is 6. The number of esters is 1. The zero-order chi connectivity index (χ0) is 20.2. The van der Waals surface area contributed by atoms with Gasteiger partial charge in [-0.2, -0.15) is 0 Å². The maximum Gasteiger partial charge on any atom is 0.338 e. The van der Waals surface area contributed by atoms with Gasteiger partial charge in [-0.05, 0) is 36.8 Å². The number of hydrogen-bond acceptors (Lipinski definition) is 4. The molecule has 3 aromatic carbocycles. The number of hydrogen-bond donors (Lipinski definition) is 1. The van der Waals surface area contributed by atoms with Gasteiger partial charge >= 0.3 is 5.97 Å². The molecule has 5 heteroatoms. The molecule has 0 bridgehead atoms. The highest BCUT2D eigenvalue weighted by molar-refractivity contribution is 5.99. The molecule has 4 rings (SSSR count). The van der Waals surface area contributed by atoms with Gasteiger partial charge in [-0.15, -0.1) is 0 Å². The predicted molar refractivity (Wildman–Crippen MR) is 112 cm³/mol. The van der Waals surface area contributed by atoms with Crippen LogP contribution in [0, 0.1) is 0 Å². The highest BCUT2D eigenvalue weighted by Gasteiger charge is 2.36. The van der Waals surface area contributed by atoms with Crippen LogP contribution in [0.1, 0.15) is 44.9 Å². The molecule has 146 valence electrons. The lowest BCUT2D eigenvalue weighted by Gasteiger charge is -2.27. The van der Waals surface area contributed by atoms with Crippen molar-refractivity contribution in [1.82, 2.24) is 4.90 Å². The van der Waals surface area contributed by atoms with Crippen molar-refractivity contribution in [3.05, 3.63) is 101 Å². The number of carbonyl (C=O) groups is 2. The van der Waals surface area contributed by atoms with Gasteiger partial charge < -0.3 is 15.0 Å². The number of nitrogens with zero attached hydrogens (tertiary/aromatic N) is 1. The van der Waals surface area contributed by atoms with Crippen molar-refractivity contribution in [3.63, 3.8) is 0 Å². The maximum absolute atomic E-state index is 13.1. The van der Waals surface area contributed by atoms with E-state index < -0.39 is 0 Å². The second-order valence-electron chi connectivity index (χ2n) is 6.85. The van der Waals surface area contributed by atoms with E-state index in [1.807, 2.05) is 65.6 Å². The lowest BCUT2D eigenvalue weighted by molar-refractivity contribution is 0.0526. The summed E-state index contributed by atoms with van der Waals surface area (Å²) in [7, 11) is 0. The number of ether oxygens (including phenoxy) is 1. The van der Waals surface area contributed by atoms with Crippen molar-refractivity contribution in [2.75, 3.05) is 11.9 Å². The molecule has 29 heavy (non-hydrogen) atoms. The Hall–Kier alpha value is -3.60. The first-order valence-electron chi connectivity index (χ1n) is 9.65. The molecule has 0 aliphatic carbocycles. The quantitative estimate of drug-likeness (QED) is 0.628. The minimum atomic E-state index is -0.361. The second kappa shape index (κ2) is 8.19. The van der Waals surface area contributed by atoms with Crippen LogP contribution >= 0.6 is 0 Å². The molecule has 0 fully saturated rings. The van der Waals surface area contributed by atoms with Crippen molar-refractivity contribution >= 4 is 17.6 Å². The Labute approximate surface area is 169 Å². The molecule has 5 nitrogen and oxygen atoms in total. The average molecular weight is 386 g/mol. The van der Waals surface area contributed by atoms with Crippen molar-refractivity contribution < 1.29 is 14.3 Å². The Balaban J connectivity index is 1.65. The van der Waals surface area contributed by atoms with Gasteiger partial charge in [0.15, 0.2) is 0 Å². The Morgan fingerprint density at radius 1 is 1.00 bits per heavy atom. The second-order valence-corrected chi connectivity index (χ2v) is 6.85. The highest BCUT2D eigenvalue weighted by Crippen LogP contribution is 2.35. The fraction of sp³-hybridized carbons (Fsp3) is 0.167. The lowest BCUT2D eigenvalue weighted by Crippen LogP contribution is -2.31. The van der Waals surface area contributed by atoms with Crippen LogP contribution in [0.4, 0.5) is 5.69 Å². The molecule has 0 aromatic heterocycles. The molecule has 0 spiro atoms. The average Bonchev–Trinajstić information content (AvgIpc) is 3.01. The Kier molecular flexibility index (Phi) is 5.29. The summed E-state index contributed by atoms with van der Waals surface area (Å²) >= 11 is 0. The molecule has 1 amide bonds. The number of amides is 1. The van der Waals surface area contributed by atoms with Crippen LogP contribution in [0.3, 0.4) is 0 Å². The van der Waals surface area contributed by atoms with E-state index >= 15 is 0 Å².